The van der Waals surface area contributed by atoms with Gasteiger partial charge in [0.25, 0.3) is 5.91 Å². The van der Waals surface area contributed by atoms with Crippen LogP contribution in [0.4, 0.5) is 0 Å². The highest BCUT2D eigenvalue weighted by Gasteiger charge is 2.33. The third-order valence-electron chi connectivity index (χ3n) is 6.39. The van der Waals surface area contributed by atoms with Crippen LogP contribution in [0.5, 0.6) is 5.88 Å². The first-order chi connectivity index (χ1) is 13.7. The van der Waals surface area contributed by atoms with Gasteiger partial charge in [-0.05, 0) is 31.7 Å². The van der Waals surface area contributed by atoms with Crippen LogP contribution >= 0.6 is 11.6 Å². The van der Waals surface area contributed by atoms with Crippen LogP contribution in [0.25, 0.3) is 0 Å². The molecular weight excluding hydrogens is 376 g/mol. The zero-order valence-electron chi connectivity index (χ0n) is 16.6. The first kappa shape index (κ1) is 20.0. The molecule has 1 atom stereocenters. The van der Waals surface area contributed by atoms with Gasteiger partial charge in [0, 0.05) is 24.7 Å². The minimum absolute atomic E-state index is 0.00692. The summed E-state index contributed by atoms with van der Waals surface area (Å²) in [6.45, 7) is 1.27. The largest absolute Gasteiger partial charge is 0.471 e. The molecule has 2 heterocycles. The molecule has 1 unspecified atom stereocenters. The second-order valence-electron chi connectivity index (χ2n) is 8.41. The summed E-state index contributed by atoms with van der Waals surface area (Å²) in [5, 5.41) is 0.407. The Morgan fingerprint density at radius 1 is 1.04 bits per heavy atom. The lowest BCUT2D eigenvalue weighted by Crippen LogP contribution is -2.48. The monoisotopic (exact) mass is 406 g/mol. The van der Waals surface area contributed by atoms with Crippen molar-refractivity contribution in [2.75, 3.05) is 13.2 Å². The molecule has 28 heavy (non-hydrogen) atoms. The third kappa shape index (κ3) is 4.62. The number of pyridine rings is 1. The summed E-state index contributed by atoms with van der Waals surface area (Å²) in [7, 11) is 0. The molecule has 3 aliphatic rings. The summed E-state index contributed by atoms with van der Waals surface area (Å²) < 4.78 is 11.2. The smallest absolute Gasteiger partial charge is 0.255 e. The molecule has 1 amide bonds. The summed E-state index contributed by atoms with van der Waals surface area (Å²) in [5.74, 6) is 0.486. The van der Waals surface area contributed by atoms with Gasteiger partial charge in [0.1, 0.15) is 11.1 Å². The molecule has 2 saturated carbocycles. The lowest BCUT2D eigenvalue weighted by molar-refractivity contribution is 0.0448. The predicted molar refractivity (Wildman–Crippen MR) is 109 cm³/mol. The first-order valence-electron chi connectivity index (χ1n) is 10.9. The van der Waals surface area contributed by atoms with Gasteiger partial charge in [-0.1, -0.05) is 50.1 Å². The Morgan fingerprint density at radius 2 is 1.68 bits per heavy atom. The fourth-order valence-corrected chi connectivity index (χ4v) is 5.10. The Balaban J connectivity index is 1.52. The molecular formula is C22H31ClN2O3. The van der Waals surface area contributed by atoms with Crippen molar-refractivity contribution in [3.8, 4) is 5.88 Å². The van der Waals surface area contributed by atoms with Crippen LogP contribution in [0.1, 0.15) is 81.0 Å². The highest BCUT2D eigenvalue weighted by molar-refractivity contribution is 6.32. The van der Waals surface area contributed by atoms with Gasteiger partial charge in [0.15, 0.2) is 0 Å². The van der Waals surface area contributed by atoms with E-state index in [4.69, 9.17) is 21.1 Å². The number of carbonyl (C=O) groups excluding carboxylic acids is 1. The molecule has 3 fully saturated rings. The normalized spacial score (nSPS) is 24.2. The van der Waals surface area contributed by atoms with Crippen molar-refractivity contribution >= 4 is 17.5 Å². The summed E-state index contributed by atoms with van der Waals surface area (Å²) in [4.78, 5) is 20.1. The topological polar surface area (TPSA) is 51.7 Å². The van der Waals surface area contributed by atoms with Crippen LogP contribution in [-0.2, 0) is 4.74 Å². The molecule has 154 valence electrons. The first-order valence-corrected chi connectivity index (χ1v) is 11.3. The molecule has 1 aliphatic heterocycles. The van der Waals surface area contributed by atoms with E-state index in [0.29, 0.717) is 41.8 Å². The van der Waals surface area contributed by atoms with E-state index < -0.39 is 0 Å². The minimum Gasteiger partial charge on any atom is -0.471 e. The average Bonchev–Trinajstić information content (AvgIpc) is 3.24. The van der Waals surface area contributed by atoms with Gasteiger partial charge in [-0.3, -0.25) is 4.79 Å². The summed E-state index contributed by atoms with van der Waals surface area (Å²) >= 11 is 6.43. The highest BCUT2D eigenvalue weighted by atomic mass is 35.5. The number of aromatic nitrogens is 1. The molecule has 5 nitrogen and oxygen atoms in total. The van der Waals surface area contributed by atoms with Crippen LogP contribution in [0, 0.1) is 0 Å². The molecule has 0 N–H and O–H groups in total. The molecule has 1 aromatic rings. The predicted octanol–water partition coefficient (Wildman–Crippen LogP) is 5.01. The van der Waals surface area contributed by atoms with Crippen molar-refractivity contribution in [3.63, 3.8) is 0 Å². The Hall–Kier alpha value is -1.33. The molecule has 4 rings (SSSR count). The van der Waals surface area contributed by atoms with Gasteiger partial charge in [-0.25, -0.2) is 4.98 Å². The molecule has 0 bridgehead atoms. The van der Waals surface area contributed by atoms with Crippen molar-refractivity contribution in [1.29, 1.82) is 0 Å². The fourth-order valence-electron chi connectivity index (χ4n) is 4.89. The van der Waals surface area contributed by atoms with Gasteiger partial charge in [-0.15, -0.1) is 0 Å². The van der Waals surface area contributed by atoms with Crippen molar-refractivity contribution in [2.45, 2.75) is 88.8 Å². The number of halogens is 1. The van der Waals surface area contributed by atoms with Crippen molar-refractivity contribution in [1.82, 2.24) is 9.88 Å². The van der Waals surface area contributed by atoms with E-state index in [-0.39, 0.29) is 12.0 Å². The maximum absolute atomic E-state index is 13.5. The van der Waals surface area contributed by atoms with E-state index in [2.05, 4.69) is 9.88 Å². The standard InChI is InChI=1S/C22H31ClN2O3/c23-20-13-16(14-24-21(20)28-19-11-12-27-15-19)22(26)25(17-7-3-1-4-8-17)18-9-5-2-6-10-18/h13-14,17-19H,1-12,15H2. The summed E-state index contributed by atoms with van der Waals surface area (Å²) in [6.07, 6.45) is 14.4. The van der Waals surface area contributed by atoms with Crippen LogP contribution < -0.4 is 4.74 Å². The van der Waals surface area contributed by atoms with Crippen LogP contribution in [0.3, 0.4) is 0 Å². The van der Waals surface area contributed by atoms with E-state index in [9.17, 15) is 4.79 Å². The molecule has 6 heteroatoms. The third-order valence-corrected chi connectivity index (χ3v) is 6.66. The van der Waals surface area contributed by atoms with Gasteiger partial charge >= 0.3 is 0 Å². The molecule has 2 aliphatic carbocycles. The SMILES string of the molecule is O=C(c1cnc(OC2CCOC2)c(Cl)c1)N(C1CCCCC1)C1CCCCC1. The molecule has 0 spiro atoms. The van der Waals surface area contributed by atoms with Gasteiger partial charge in [0.05, 0.1) is 18.8 Å². The molecule has 1 aromatic heterocycles. The van der Waals surface area contributed by atoms with E-state index in [1.54, 1.807) is 12.3 Å². The number of amides is 1. The van der Waals surface area contributed by atoms with E-state index in [1.165, 1.54) is 38.5 Å². The van der Waals surface area contributed by atoms with Crippen LogP contribution in [0.15, 0.2) is 12.3 Å². The number of rotatable bonds is 5. The zero-order chi connectivity index (χ0) is 19.3. The Morgan fingerprint density at radius 3 is 2.21 bits per heavy atom. The fraction of sp³-hybridized carbons (Fsp3) is 0.727. The van der Waals surface area contributed by atoms with Crippen molar-refractivity contribution in [2.24, 2.45) is 0 Å². The minimum atomic E-state index is -0.00692. The second-order valence-corrected chi connectivity index (χ2v) is 8.82. The van der Waals surface area contributed by atoms with Crippen molar-refractivity contribution < 1.29 is 14.3 Å². The van der Waals surface area contributed by atoms with Crippen molar-refractivity contribution in [3.05, 3.63) is 22.8 Å². The van der Waals surface area contributed by atoms with Gasteiger partial charge in [-0.2, -0.15) is 0 Å². The number of hydrogen-bond acceptors (Lipinski definition) is 4. The Kier molecular flexibility index (Phi) is 6.73. The Bertz CT molecular complexity index is 648. The lowest BCUT2D eigenvalue weighted by Gasteiger charge is -2.41. The summed E-state index contributed by atoms with van der Waals surface area (Å²) in [5.41, 5.74) is 0.580. The van der Waals surface area contributed by atoms with E-state index in [1.807, 2.05) is 0 Å². The van der Waals surface area contributed by atoms with Gasteiger partial charge in [0.2, 0.25) is 5.88 Å². The maximum Gasteiger partial charge on any atom is 0.255 e. The van der Waals surface area contributed by atoms with E-state index in [0.717, 1.165) is 32.1 Å². The molecule has 0 aromatic carbocycles. The molecule has 1 saturated heterocycles. The number of ether oxygens (including phenoxy) is 2. The zero-order valence-corrected chi connectivity index (χ0v) is 17.3. The summed E-state index contributed by atoms with van der Waals surface area (Å²) in [6, 6.07) is 2.45. The number of carbonyl (C=O) groups is 1. The van der Waals surface area contributed by atoms with E-state index >= 15 is 0 Å². The van der Waals surface area contributed by atoms with Gasteiger partial charge < -0.3 is 14.4 Å². The quantitative estimate of drug-likeness (QED) is 0.689. The highest BCUT2D eigenvalue weighted by Crippen LogP contribution is 2.32. The number of hydrogen-bond donors (Lipinski definition) is 0. The second kappa shape index (κ2) is 9.45. The van der Waals surface area contributed by atoms with Crippen LogP contribution in [0.2, 0.25) is 5.02 Å². The lowest BCUT2D eigenvalue weighted by atomic mass is 9.88. The van der Waals surface area contributed by atoms with Crippen LogP contribution in [-0.4, -0.2) is 47.2 Å². The number of nitrogens with zero attached hydrogens (tertiary/aromatic N) is 2. The maximum atomic E-state index is 13.5. The average molecular weight is 407 g/mol. The Labute approximate surface area is 172 Å². The molecule has 0 radical (unpaired) electrons.